The van der Waals surface area contributed by atoms with Crippen molar-refractivity contribution in [3.05, 3.63) is 52.1 Å². The number of nitrogens with zero attached hydrogens (tertiary/aromatic N) is 2. The second kappa shape index (κ2) is 6.44. The molecule has 0 unspecified atom stereocenters. The molecule has 2 heterocycles. The van der Waals surface area contributed by atoms with Gasteiger partial charge >= 0.3 is 5.63 Å². The van der Waals surface area contributed by atoms with Crippen LogP contribution < -0.4 is 10.5 Å². The van der Waals surface area contributed by atoms with Crippen LogP contribution in [0.15, 0.2) is 39.5 Å². The van der Waals surface area contributed by atoms with Gasteiger partial charge in [0.15, 0.2) is 0 Å². The normalized spacial score (nSPS) is 18.5. The minimum atomic E-state index is -0.184. The van der Waals surface area contributed by atoms with Gasteiger partial charge in [0.2, 0.25) is 0 Å². The monoisotopic (exact) mass is 324 g/mol. The molecular formula is C20H24N2O2. The van der Waals surface area contributed by atoms with Gasteiger partial charge in [-0.25, -0.2) is 4.79 Å². The van der Waals surface area contributed by atoms with Crippen molar-refractivity contribution in [3.63, 3.8) is 0 Å². The predicted octanol–water partition coefficient (Wildman–Crippen LogP) is 2.94. The fourth-order valence-corrected chi connectivity index (χ4v) is 3.89. The molecule has 0 radical (unpaired) electrons. The molecule has 1 aliphatic heterocycles. The number of likely N-dealkylation sites (N-methyl/N-ethyl adjacent to an activating group) is 1. The Morgan fingerprint density at radius 1 is 0.958 bits per heavy atom. The Balaban J connectivity index is 1.90. The zero-order chi connectivity index (χ0) is 16.5. The Hall–Kier alpha value is -2.07. The molecule has 0 saturated carbocycles. The minimum Gasteiger partial charge on any atom is -0.427 e. The fourth-order valence-electron chi connectivity index (χ4n) is 3.89. The third-order valence-electron chi connectivity index (χ3n) is 5.24. The largest absolute Gasteiger partial charge is 0.427 e. The van der Waals surface area contributed by atoms with Crippen molar-refractivity contribution in [1.29, 1.82) is 0 Å². The van der Waals surface area contributed by atoms with Gasteiger partial charge in [-0.1, -0.05) is 30.3 Å². The van der Waals surface area contributed by atoms with Crippen LogP contribution in [0.25, 0.3) is 11.1 Å². The quantitative estimate of drug-likeness (QED) is 0.851. The van der Waals surface area contributed by atoms with Crippen molar-refractivity contribution < 1.29 is 4.42 Å². The van der Waals surface area contributed by atoms with Gasteiger partial charge in [0.05, 0.1) is 11.3 Å². The topological polar surface area (TPSA) is 36.7 Å². The molecule has 1 saturated heterocycles. The molecule has 1 aromatic carbocycles. The lowest BCUT2D eigenvalue weighted by atomic mass is 9.91. The number of anilines is 1. The van der Waals surface area contributed by atoms with E-state index in [1.807, 2.05) is 30.3 Å². The Morgan fingerprint density at radius 2 is 1.67 bits per heavy atom. The van der Waals surface area contributed by atoms with Gasteiger partial charge in [0, 0.05) is 38.2 Å². The smallest absolute Gasteiger partial charge is 0.345 e. The summed E-state index contributed by atoms with van der Waals surface area (Å²) in [6.45, 7) is 3.99. The van der Waals surface area contributed by atoms with Gasteiger partial charge in [-0.3, -0.25) is 0 Å². The maximum atomic E-state index is 12.8. The van der Waals surface area contributed by atoms with E-state index in [0.717, 1.165) is 68.0 Å². The molecule has 2 aliphatic rings. The molecule has 4 rings (SSSR count). The van der Waals surface area contributed by atoms with Crippen LogP contribution in [-0.2, 0) is 12.8 Å². The van der Waals surface area contributed by atoms with Crippen LogP contribution in [0, 0.1) is 0 Å². The first-order valence-electron chi connectivity index (χ1n) is 8.92. The average molecular weight is 324 g/mol. The van der Waals surface area contributed by atoms with E-state index in [4.69, 9.17) is 4.42 Å². The summed E-state index contributed by atoms with van der Waals surface area (Å²) in [5.74, 6) is 0.917. The standard InChI is InChI=1S/C20H24N2O2/c1-21-11-13-22(14-12-21)19-16-9-5-6-10-17(16)24-20(23)18(19)15-7-3-2-4-8-15/h2-4,7-8H,5-6,9-14H2,1H3. The zero-order valence-corrected chi connectivity index (χ0v) is 14.3. The summed E-state index contributed by atoms with van der Waals surface area (Å²) in [6, 6.07) is 9.99. The van der Waals surface area contributed by atoms with Gasteiger partial charge in [-0.05, 0) is 31.9 Å². The number of hydrogen-bond donors (Lipinski definition) is 0. The second-order valence-electron chi connectivity index (χ2n) is 6.88. The fraction of sp³-hybridized carbons (Fsp3) is 0.450. The molecule has 0 N–H and O–H groups in total. The maximum Gasteiger partial charge on any atom is 0.345 e. The molecular weight excluding hydrogens is 300 g/mol. The first-order valence-corrected chi connectivity index (χ1v) is 8.92. The lowest BCUT2D eigenvalue weighted by Crippen LogP contribution is -2.45. The highest BCUT2D eigenvalue weighted by molar-refractivity contribution is 5.80. The van der Waals surface area contributed by atoms with Gasteiger partial charge < -0.3 is 14.2 Å². The Labute approximate surface area is 142 Å². The SMILES string of the molecule is CN1CCN(c2c3c(oc(=O)c2-c2ccccc2)CCCC3)CC1. The highest BCUT2D eigenvalue weighted by Crippen LogP contribution is 2.37. The molecule has 1 fully saturated rings. The van der Waals surface area contributed by atoms with Crippen molar-refractivity contribution in [2.24, 2.45) is 0 Å². The lowest BCUT2D eigenvalue weighted by Gasteiger charge is -2.37. The van der Waals surface area contributed by atoms with Crippen LogP contribution in [0.4, 0.5) is 5.69 Å². The van der Waals surface area contributed by atoms with Gasteiger partial charge in [0.25, 0.3) is 0 Å². The molecule has 1 aliphatic carbocycles. The van der Waals surface area contributed by atoms with Crippen molar-refractivity contribution in [2.45, 2.75) is 25.7 Å². The van der Waals surface area contributed by atoms with Crippen molar-refractivity contribution >= 4 is 5.69 Å². The molecule has 1 aromatic heterocycles. The summed E-state index contributed by atoms with van der Waals surface area (Å²) in [7, 11) is 2.16. The number of fused-ring (bicyclic) bond motifs is 1. The van der Waals surface area contributed by atoms with Crippen molar-refractivity contribution in [3.8, 4) is 11.1 Å². The summed E-state index contributed by atoms with van der Waals surface area (Å²) in [4.78, 5) is 17.6. The average Bonchev–Trinajstić information content (AvgIpc) is 2.62. The number of hydrogen-bond acceptors (Lipinski definition) is 4. The molecule has 0 amide bonds. The van der Waals surface area contributed by atoms with E-state index in [1.165, 1.54) is 12.0 Å². The summed E-state index contributed by atoms with van der Waals surface area (Å²) < 4.78 is 5.75. The van der Waals surface area contributed by atoms with Crippen molar-refractivity contribution in [2.75, 3.05) is 38.1 Å². The number of benzene rings is 1. The third kappa shape index (κ3) is 2.75. The first-order chi connectivity index (χ1) is 11.7. The Bertz CT molecular complexity index is 774. The van der Waals surface area contributed by atoms with Gasteiger partial charge in [0.1, 0.15) is 5.76 Å². The number of aryl methyl sites for hydroxylation is 1. The Morgan fingerprint density at radius 3 is 2.42 bits per heavy atom. The highest BCUT2D eigenvalue weighted by atomic mass is 16.4. The van der Waals surface area contributed by atoms with Crippen LogP contribution >= 0.6 is 0 Å². The summed E-state index contributed by atoms with van der Waals surface area (Å²) in [5, 5.41) is 0. The van der Waals surface area contributed by atoms with E-state index in [2.05, 4.69) is 16.8 Å². The maximum absolute atomic E-state index is 12.8. The molecule has 126 valence electrons. The van der Waals surface area contributed by atoms with Crippen molar-refractivity contribution in [1.82, 2.24) is 4.90 Å². The van der Waals surface area contributed by atoms with E-state index in [1.54, 1.807) is 0 Å². The molecule has 0 spiro atoms. The number of rotatable bonds is 2. The van der Waals surface area contributed by atoms with Gasteiger partial charge in [-0.2, -0.15) is 0 Å². The van der Waals surface area contributed by atoms with Gasteiger partial charge in [-0.15, -0.1) is 0 Å². The molecule has 2 aromatic rings. The molecule has 4 nitrogen and oxygen atoms in total. The second-order valence-corrected chi connectivity index (χ2v) is 6.88. The summed E-state index contributed by atoms with van der Waals surface area (Å²) in [6.07, 6.45) is 4.19. The first kappa shape index (κ1) is 15.5. The van der Waals surface area contributed by atoms with E-state index in [0.29, 0.717) is 0 Å². The molecule has 24 heavy (non-hydrogen) atoms. The highest BCUT2D eigenvalue weighted by Gasteiger charge is 2.27. The Kier molecular flexibility index (Phi) is 4.15. The minimum absolute atomic E-state index is 0.184. The van der Waals surface area contributed by atoms with E-state index < -0.39 is 0 Å². The summed E-state index contributed by atoms with van der Waals surface area (Å²) in [5.41, 5.74) is 3.94. The van der Waals surface area contributed by atoms with Crippen LogP contribution in [-0.4, -0.2) is 38.1 Å². The van der Waals surface area contributed by atoms with Crippen LogP contribution in [0.1, 0.15) is 24.2 Å². The predicted molar refractivity (Wildman–Crippen MR) is 96.8 cm³/mol. The zero-order valence-electron chi connectivity index (χ0n) is 14.3. The molecule has 0 atom stereocenters. The van der Waals surface area contributed by atoms with Crippen LogP contribution in [0.5, 0.6) is 0 Å². The van der Waals surface area contributed by atoms with Crippen LogP contribution in [0.2, 0.25) is 0 Å². The lowest BCUT2D eigenvalue weighted by molar-refractivity contribution is 0.312. The van der Waals surface area contributed by atoms with E-state index in [-0.39, 0.29) is 5.63 Å². The molecule has 0 bridgehead atoms. The molecule has 4 heteroatoms. The van der Waals surface area contributed by atoms with Crippen LogP contribution in [0.3, 0.4) is 0 Å². The third-order valence-corrected chi connectivity index (χ3v) is 5.24. The summed E-state index contributed by atoms with van der Waals surface area (Å²) >= 11 is 0. The number of piperazine rings is 1. The van der Waals surface area contributed by atoms with E-state index in [9.17, 15) is 4.79 Å². The van der Waals surface area contributed by atoms with E-state index >= 15 is 0 Å².